The second kappa shape index (κ2) is 7.90. The Hall–Kier alpha value is -2.35. The molecule has 1 amide bonds. The molecule has 2 aromatic rings. The minimum Gasteiger partial charge on any atom is -0.462 e. The number of hydrogen-bond acceptors (Lipinski definition) is 6. The first-order valence-electron chi connectivity index (χ1n) is 8.59. The van der Waals surface area contributed by atoms with Gasteiger partial charge in [0, 0.05) is 18.5 Å². The largest absolute Gasteiger partial charge is 0.462 e. The number of thioether (sulfide) groups is 1. The Morgan fingerprint density at radius 3 is 2.77 bits per heavy atom. The van der Waals surface area contributed by atoms with Crippen molar-refractivity contribution in [2.75, 3.05) is 11.1 Å². The highest BCUT2D eigenvalue weighted by molar-refractivity contribution is 7.99. The smallest absolute Gasteiger partial charge is 0.316 e. The number of nitrogens with one attached hydrogen (secondary N) is 1. The molecule has 3 rings (SSSR count). The SMILES string of the molecule is CC(=O)Nc1cccc(-n2c(SCC(=O)OC(C)C)nnc2C2CC2)c1. The molecule has 0 unspecified atom stereocenters. The monoisotopic (exact) mass is 374 g/mol. The topological polar surface area (TPSA) is 86.1 Å². The molecule has 0 aliphatic heterocycles. The van der Waals surface area contributed by atoms with Gasteiger partial charge in [-0.15, -0.1) is 10.2 Å². The summed E-state index contributed by atoms with van der Waals surface area (Å²) < 4.78 is 7.15. The van der Waals surface area contributed by atoms with Crippen LogP contribution in [0, 0.1) is 0 Å². The predicted molar refractivity (Wildman–Crippen MR) is 99.6 cm³/mol. The Balaban J connectivity index is 1.86. The second-order valence-corrected chi connectivity index (χ2v) is 7.45. The Morgan fingerprint density at radius 1 is 1.35 bits per heavy atom. The maximum absolute atomic E-state index is 11.9. The molecule has 1 fully saturated rings. The summed E-state index contributed by atoms with van der Waals surface area (Å²) in [7, 11) is 0. The van der Waals surface area contributed by atoms with Crippen molar-refractivity contribution in [3.63, 3.8) is 0 Å². The zero-order chi connectivity index (χ0) is 18.7. The van der Waals surface area contributed by atoms with E-state index in [9.17, 15) is 9.59 Å². The molecule has 7 nitrogen and oxygen atoms in total. The summed E-state index contributed by atoms with van der Waals surface area (Å²) in [5, 5.41) is 12.0. The minimum atomic E-state index is -0.278. The third kappa shape index (κ3) is 4.63. The highest BCUT2D eigenvalue weighted by atomic mass is 32.2. The quantitative estimate of drug-likeness (QED) is 0.592. The van der Waals surface area contributed by atoms with Gasteiger partial charge in [0.15, 0.2) is 5.16 Å². The van der Waals surface area contributed by atoms with Crippen molar-refractivity contribution in [2.24, 2.45) is 0 Å². The lowest BCUT2D eigenvalue weighted by molar-refractivity contribution is -0.144. The fraction of sp³-hybridized carbons (Fsp3) is 0.444. The molecule has 1 aliphatic carbocycles. The first kappa shape index (κ1) is 18.4. The van der Waals surface area contributed by atoms with Gasteiger partial charge in [0.2, 0.25) is 5.91 Å². The van der Waals surface area contributed by atoms with Crippen LogP contribution in [0.5, 0.6) is 0 Å². The lowest BCUT2D eigenvalue weighted by Crippen LogP contribution is -2.14. The molecule has 0 saturated heterocycles. The minimum absolute atomic E-state index is 0.126. The first-order valence-corrected chi connectivity index (χ1v) is 9.58. The zero-order valence-corrected chi connectivity index (χ0v) is 15.9. The third-order valence-electron chi connectivity index (χ3n) is 3.71. The normalized spacial score (nSPS) is 13.7. The van der Waals surface area contributed by atoms with Gasteiger partial charge in [-0.05, 0) is 44.9 Å². The number of ether oxygens (including phenoxy) is 1. The molecule has 1 aliphatic rings. The summed E-state index contributed by atoms with van der Waals surface area (Å²) in [6, 6.07) is 7.53. The number of rotatable bonds is 7. The van der Waals surface area contributed by atoms with Gasteiger partial charge in [-0.2, -0.15) is 0 Å². The van der Waals surface area contributed by atoms with Crippen LogP contribution < -0.4 is 5.32 Å². The van der Waals surface area contributed by atoms with Crippen LogP contribution in [0.1, 0.15) is 45.4 Å². The zero-order valence-electron chi connectivity index (χ0n) is 15.1. The maximum atomic E-state index is 11.9. The standard InChI is InChI=1S/C18H22N4O3S/c1-11(2)25-16(24)10-26-18-21-20-17(13-7-8-13)22(18)15-6-4-5-14(9-15)19-12(3)23/h4-6,9,11,13H,7-8,10H2,1-3H3,(H,19,23). The van der Waals surface area contributed by atoms with E-state index in [0.717, 1.165) is 24.4 Å². The molecule has 1 aromatic carbocycles. The molecule has 1 saturated carbocycles. The Labute approximate surface area is 156 Å². The molecule has 138 valence electrons. The highest BCUT2D eigenvalue weighted by Gasteiger charge is 2.31. The summed E-state index contributed by atoms with van der Waals surface area (Å²) in [5.41, 5.74) is 1.57. The van der Waals surface area contributed by atoms with Crippen molar-refractivity contribution in [1.29, 1.82) is 0 Å². The van der Waals surface area contributed by atoms with Crippen molar-refractivity contribution in [3.8, 4) is 5.69 Å². The maximum Gasteiger partial charge on any atom is 0.316 e. The fourth-order valence-electron chi connectivity index (χ4n) is 2.57. The van der Waals surface area contributed by atoms with Crippen molar-refractivity contribution in [2.45, 2.75) is 50.8 Å². The molecule has 0 bridgehead atoms. The van der Waals surface area contributed by atoms with Crippen LogP contribution in [0.4, 0.5) is 5.69 Å². The number of carbonyl (C=O) groups excluding carboxylic acids is 2. The number of nitrogens with zero attached hydrogens (tertiary/aromatic N) is 3. The average Bonchev–Trinajstić information content (AvgIpc) is 3.31. The number of esters is 1. The van der Waals surface area contributed by atoms with Gasteiger partial charge < -0.3 is 10.1 Å². The highest BCUT2D eigenvalue weighted by Crippen LogP contribution is 2.41. The van der Waals surface area contributed by atoms with E-state index in [-0.39, 0.29) is 23.7 Å². The van der Waals surface area contributed by atoms with Crippen LogP contribution in [0.15, 0.2) is 29.4 Å². The van der Waals surface area contributed by atoms with E-state index < -0.39 is 0 Å². The van der Waals surface area contributed by atoms with Gasteiger partial charge in [0.1, 0.15) is 5.82 Å². The number of anilines is 1. The molecular weight excluding hydrogens is 352 g/mol. The molecule has 1 N–H and O–H groups in total. The molecule has 0 spiro atoms. The summed E-state index contributed by atoms with van der Waals surface area (Å²) in [6.45, 7) is 5.12. The van der Waals surface area contributed by atoms with Gasteiger partial charge in [-0.25, -0.2) is 0 Å². The van der Waals surface area contributed by atoms with Gasteiger partial charge in [0.05, 0.1) is 17.5 Å². The Bertz CT molecular complexity index is 815. The van der Waals surface area contributed by atoms with Crippen molar-refractivity contribution < 1.29 is 14.3 Å². The number of carbonyl (C=O) groups is 2. The molecule has 1 aromatic heterocycles. The van der Waals surface area contributed by atoms with E-state index in [2.05, 4.69) is 15.5 Å². The predicted octanol–water partition coefficient (Wildman–Crippen LogP) is 3.15. The summed E-state index contributed by atoms with van der Waals surface area (Å²) in [5.74, 6) is 1.05. The van der Waals surface area contributed by atoms with Gasteiger partial charge in [-0.3, -0.25) is 14.2 Å². The second-order valence-electron chi connectivity index (χ2n) is 6.51. The van der Waals surface area contributed by atoms with Crippen LogP contribution in [-0.2, 0) is 14.3 Å². The number of aromatic nitrogens is 3. The van der Waals surface area contributed by atoms with Crippen LogP contribution in [0.3, 0.4) is 0 Å². The molecular formula is C18H22N4O3S. The average molecular weight is 374 g/mol. The third-order valence-corrected chi connectivity index (χ3v) is 4.61. The van der Waals surface area contributed by atoms with Crippen molar-refractivity contribution >= 4 is 29.3 Å². The number of amides is 1. The summed E-state index contributed by atoms with van der Waals surface area (Å²) >= 11 is 1.31. The molecule has 1 heterocycles. The molecule has 8 heteroatoms. The number of hydrogen-bond donors (Lipinski definition) is 1. The number of benzene rings is 1. The van der Waals surface area contributed by atoms with E-state index in [1.165, 1.54) is 18.7 Å². The van der Waals surface area contributed by atoms with Gasteiger partial charge in [-0.1, -0.05) is 17.8 Å². The van der Waals surface area contributed by atoms with E-state index in [1.807, 2.05) is 42.7 Å². The van der Waals surface area contributed by atoms with Crippen LogP contribution >= 0.6 is 11.8 Å². The van der Waals surface area contributed by atoms with E-state index in [1.54, 1.807) is 0 Å². The van der Waals surface area contributed by atoms with E-state index >= 15 is 0 Å². The van der Waals surface area contributed by atoms with Crippen molar-refractivity contribution in [1.82, 2.24) is 14.8 Å². The van der Waals surface area contributed by atoms with Gasteiger partial charge >= 0.3 is 5.97 Å². The molecule has 0 radical (unpaired) electrons. The fourth-order valence-corrected chi connectivity index (χ4v) is 3.31. The van der Waals surface area contributed by atoms with Crippen LogP contribution in [-0.4, -0.2) is 38.5 Å². The van der Waals surface area contributed by atoms with Gasteiger partial charge in [0.25, 0.3) is 0 Å². The van der Waals surface area contributed by atoms with E-state index in [0.29, 0.717) is 16.8 Å². The molecule has 0 atom stereocenters. The lowest BCUT2D eigenvalue weighted by atomic mass is 10.2. The first-order chi connectivity index (χ1) is 12.4. The molecule has 26 heavy (non-hydrogen) atoms. The van der Waals surface area contributed by atoms with Crippen LogP contribution in [0.2, 0.25) is 0 Å². The van der Waals surface area contributed by atoms with E-state index in [4.69, 9.17) is 4.74 Å². The summed E-state index contributed by atoms with van der Waals surface area (Å²) in [4.78, 5) is 23.2. The van der Waals surface area contributed by atoms with Crippen molar-refractivity contribution in [3.05, 3.63) is 30.1 Å². The Kier molecular flexibility index (Phi) is 5.61. The summed E-state index contributed by atoms with van der Waals surface area (Å²) in [6.07, 6.45) is 2.03. The lowest BCUT2D eigenvalue weighted by Gasteiger charge is -2.12. The van der Waals surface area contributed by atoms with Crippen LogP contribution in [0.25, 0.3) is 5.69 Å². The Morgan fingerprint density at radius 2 is 2.12 bits per heavy atom.